The molecule has 106 valence electrons. The Labute approximate surface area is 119 Å². The van der Waals surface area contributed by atoms with E-state index in [-0.39, 0.29) is 18.9 Å². The van der Waals surface area contributed by atoms with E-state index in [1.54, 1.807) is 17.4 Å². The lowest BCUT2D eigenvalue weighted by Gasteiger charge is -2.01. The molecule has 0 aliphatic carbocycles. The summed E-state index contributed by atoms with van der Waals surface area (Å²) in [5.74, 6) is -0.876. The van der Waals surface area contributed by atoms with Crippen molar-refractivity contribution in [2.75, 3.05) is 5.32 Å². The molecule has 2 N–H and O–H groups in total. The zero-order valence-electron chi connectivity index (χ0n) is 11.1. The second-order valence-electron chi connectivity index (χ2n) is 4.25. The lowest BCUT2D eigenvalue weighted by molar-refractivity contribution is -0.137. The van der Waals surface area contributed by atoms with E-state index in [0.29, 0.717) is 5.82 Å². The third-order valence-corrected chi connectivity index (χ3v) is 3.46. The van der Waals surface area contributed by atoms with Crippen molar-refractivity contribution in [1.82, 2.24) is 14.8 Å². The largest absolute Gasteiger partial charge is 0.480 e. The summed E-state index contributed by atoms with van der Waals surface area (Å²) in [6, 6.07) is 1.56. The van der Waals surface area contributed by atoms with Gasteiger partial charge in [0.05, 0.1) is 17.1 Å². The van der Waals surface area contributed by atoms with E-state index in [1.165, 1.54) is 10.9 Å². The summed E-state index contributed by atoms with van der Waals surface area (Å²) in [6.07, 6.45) is 1.68. The molecular weight excluding hydrogens is 280 g/mol. The number of rotatable bonds is 5. The molecule has 0 aliphatic heterocycles. The molecule has 0 spiro atoms. The second kappa shape index (κ2) is 5.83. The molecule has 0 fully saturated rings. The first-order chi connectivity index (χ1) is 9.44. The van der Waals surface area contributed by atoms with E-state index < -0.39 is 5.97 Å². The van der Waals surface area contributed by atoms with Gasteiger partial charge >= 0.3 is 5.97 Å². The predicted octanol–water partition coefficient (Wildman–Crippen LogP) is 1.22. The normalized spacial score (nSPS) is 10.5. The summed E-state index contributed by atoms with van der Waals surface area (Å²) in [6.45, 7) is 3.59. The van der Waals surface area contributed by atoms with Crippen molar-refractivity contribution in [3.63, 3.8) is 0 Å². The van der Waals surface area contributed by atoms with Crippen LogP contribution in [0.3, 0.4) is 0 Å². The molecule has 20 heavy (non-hydrogen) atoms. The van der Waals surface area contributed by atoms with Crippen LogP contribution in [0, 0.1) is 13.8 Å². The first-order valence-electron chi connectivity index (χ1n) is 5.92. The fourth-order valence-corrected chi connectivity index (χ4v) is 2.56. The summed E-state index contributed by atoms with van der Waals surface area (Å²) in [4.78, 5) is 27.7. The Morgan fingerprint density at radius 2 is 2.20 bits per heavy atom. The third-order valence-electron chi connectivity index (χ3n) is 2.53. The van der Waals surface area contributed by atoms with Gasteiger partial charge in [-0.25, -0.2) is 4.98 Å². The molecule has 0 radical (unpaired) electrons. The van der Waals surface area contributed by atoms with E-state index in [4.69, 9.17) is 5.11 Å². The molecule has 2 aromatic rings. The highest BCUT2D eigenvalue weighted by Gasteiger charge is 2.12. The lowest BCUT2D eigenvalue weighted by Crippen LogP contribution is -2.16. The molecule has 2 rings (SSSR count). The quantitative estimate of drug-likeness (QED) is 0.864. The number of thiazole rings is 1. The summed E-state index contributed by atoms with van der Waals surface area (Å²) in [5.41, 5.74) is 0.759. The third kappa shape index (κ3) is 3.64. The van der Waals surface area contributed by atoms with Gasteiger partial charge < -0.3 is 10.4 Å². The molecule has 7 nitrogen and oxygen atoms in total. The maximum Gasteiger partial charge on any atom is 0.325 e. The van der Waals surface area contributed by atoms with Crippen LogP contribution in [-0.2, 0) is 22.6 Å². The first kappa shape index (κ1) is 14.2. The molecule has 2 aromatic heterocycles. The number of aliphatic carboxylic acids is 1. The Balaban J connectivity index is 1.96. The van der Waals surface area contributed by atoms with E-state index >= 15 is 0 Å². The number of nitrogens with one attached hydrogen (secondary N) is 1. The van der Waals surface area contributed by atoms with Crippen molar-refractivity contribution < 1.29 is 14.7 Å². The van der Waals surface area contributed by atoms with Crippen LogP contribution in [0.15, 0.2) is 12.3 Å². The molecular formula is C12H14N4O3S. The van der Waals surface area contributed by atoms with E-state index in [2.05, 4.69) is 15.4 Å². The van der Waals surface area contributed by atoms with Crippen LogP contribution in [0.2, 0.25) is 0 Å². The van der Waals surface area contributed by atoms with Crippen molar-refractivity contribution in [1.29, 1.82) is 0 Å². The second-order valence-corrected chi connectivity index (χ2v) is 5.66. The van der Waals surface area contributed by atoms with Crippen LogP contribution in [0.4, 0.5) is 5.82 Å². The molecule has 0 unspecified atom stereocenters. The smallest absolute Gasteiger partial charge is 0.325 e. The number of nitrogens with zero attached hydrogens (tertiary/aromatic N) is 3. The zero-order chi connectivity index (χ0) is 14.7. The van der Waals surface area contributed by atoms with Crippen LogP contribution in [0.25, 0.3) is 0 Å². The summed E-state index contributed by atoms with van der Waals surface area (Å²) < 4.78 is 1.25. The van der Waals surface area contributed by atoms with Gasteiger partial charge in [0.2, 0.25) is 5.91 Å². The van der Waals surface area contributed by atoms with Crippen LogP contribution >= 0.6 is 11.3 Å². The van der Waals surface area contributed by atoms with Crippen molar-refractivity contribution in [2.24, 2.45) is 0 Å². The molecule has 1 amide bonds. The van der Waals surface area contributed by atoms with Gasteiger partial charge in [-0.3, -0.25) is 14.3 Å². The molecule has 0 saturated heterocycles. The van der Waals surface area contributed by atoms with Crippen molar-refractivity contribution in [2.45, 2.75) is 26.8 Å². The number of carboxylic acid groups (broad SMARTS) is 1. The number of aryl methyl sites for hydroxylation is 2. The number of amides is 1. The van der Waals surface area contributed by atoms with Crippen LogP contribution in [0.5, 0.6) is 0 Å². The summed E-state index contributed by atoms with van der Waals surface area (Å²) in [5, 5.41) is 16.1. The van der Waals surface area contributed by atoms with Gasteiger partial charge in [-0.05, 0) is 13.8 Å². The van der Waals surface area contributed by atoms with Gasteiger partial charge in [0, 0.05) is 17.1 Å². The Morgan fingerprint density at radius 1 is 1.45 bits per heavy atom. The lowest BCUT2D eigenvalue weighted by atomic mass is 10.2. The highest BCUT2D eigenvalue weighted by molar-refractivity contribution is 7.11. The average molecular weight is 294 g/mol. The standard InChI is InChI=1S/C12H14N4O3S/c1-7-9(13-8(2)20-7)5-11(17)14-10-3-4-16(15-10)6-12(18)19/h3-4H,5-6H2,1-2H3,(H,18,19)(H,14,15,17). The van der Waals surface area contributed by atoms with Crippen molar-refractivity contribution in [3.8, 4) is 0 Å². The van der Waals surface area contributed by atoms with Crippen molar-refractivity contribution >= 4 is 29.0 Å². The minimum absolute atomic E-state index is 0.183. The highest BCUT2D eigenvalue weighted by atomic mass is 32.1. The number of anilines is 1. The summed E-state index contributed by atoms with van der Waals surface area (Å²) >= 11 is 1.55. The molecule has 0 aromatic carbocycles. The van der Waals surface area contributed by atoms with Gasteiger partial charge in [0.1, 0.15) is 6.54 Å². The van der Waals surface area contributed by atoms with Gasteiger partial charge in [-0.1, -0.05) is 0 Å². The zero-order valence-corrected chi connectivity index (χ0v) is 11.9. The van der Waals surface area contributed by atoms with E-state index in [1.807, 2.05) is 13.8 Å². The van der Waals surface area contributed by atoms with E-state index in [9.17, 15) is 9.59 Å². The minimum atomic E-state index is -0.987. The topological polar surface area (TPSA) is 97.1 Å². The van der Waals surface area contributed by atoms with Gasteiger partial charge in [0.15, 0.2) is 5.82 Å². The molecule has 0 aliphatic rings. The monoisotopic (exact) mass is 294 g/mol. The molecule has 0 saturated carbocycles. The number of hydrogen-bond donors (Lipinski definition) is 2. The number of aromatic nitrogens is 3. The molecule has 0 bridgehead atoms. The SMILES string of the molecule is Cc1nc(CC(=O)Nc2ccn(CC(=O)O)n2)c(C)s1. The highest BCUT2D eigenvalue weighted by Crippen LogP contribution is 2.17. The van der Waals surface area contributed by atoms with Crippen LogP contribution < -0.4 is 5.32 Å². The molecule has 8 heteroatoms. The number of carbonyl (C=O) groups is 2. The maximum atomic E-state index is 11.9. The Morgan fingerprint density at radius 3 is 2.80 bits per heavy atom. The van der Waals surface area contributed by atoms with E-state index in [0.717, 1.165) is 15.6 Å². The fourth-order valence-electron chi connectivity index (χ4n) is 1.73. The maximum absolute atomic E-state index is 11.9. The molecule has 2 heterocycles. The number of carboxylic acids is 1. The predicted molar refractivity (Wildman–Crippen MR) is 73.8 cm³/mol. The Hall–Kier alpha value is -2.22. The summed E-state index contributed by atoms with van der Waals surface area (Å²) in [7, 11) is 0. The fraction of sp³-hybridized carbons (Fsp3) is 0.333. The minimum Gasteiger partial charge on any atom is -0.480 e. The Bertz CT molecular complexity index is 647. The van der Waals surface area contributed by atoms with Gasteiger partial charge in [-0.15, -0.1) is 11.3 Å². The van der Waals surface area contributed by atoms with Gasteiger partial charge in [-0.2, -0.15) is 5.10 Å². The van der Waals surface area contributed by atoms with Crippen LogP contribution in [0.1, 0.15) is 15.6 Å². The average Bonchev–Trinajstić information content (AvgIpc) is 2.85. The number of hydrogen-bond acceptors (Lipinski definition) is 5. The van der Waals surface area contributed by atoms with Crippen molar-refractivity contribution in [3.05, 3.63) is 27.8 Å². The first-order valence-corrected chi connectivity index (χ1v) is 6.73. The molecule has 0 atom stereocenters. The Kier molecular flexibility index (Phi) is 4.14. The van der Waals surface area contributed by atoms with Crippen LogP contribution in [-0.4, -0.2) is 31.7 Å². The number of carbonyl (C=O) groups excluding carboxylic acids is 1. The van der Waals surface area contributed by atoms with Gasteiger partial charge in [0.25, 0.3) is 0 Å².